The number of aromatic nitrogens is 2. The smallest absolute Gasteiger partial charge is 0.108 e. The number of rotatable bonds is 2. The third-order valence-electron chi connectivity index (χ3n) is 2.85. The highest BCUT2D eigenvalue weighted by Crippen LogP contribution is 2.16. The minimum atomic E-state index is 0.836. The van der Waals surface area contributed by atoms with Crippen molar-refractivity contribution in [2.45, 2.75) is 19.3 Å². The second kappa shape index (κ2) is 3.92. The van der Waals surface area contributed by atoms with Gasteiger partial charge in [0.25, 0.3) is 0 Å². The van der Waals surface area contributed by atoms with Gasteiger partial charge in [0, 0.05) is 25.9 Å². The summed E-state index contributed by atoms with van der Waals surface area (Å²) in [6, 6.07) is 0. The van der Waals surface area contributed by atoms with Crippen LogP contribution in [0.4, 0.5) is 0 Å². The third kappa shape index (κ3) is 2.10. The van der Waals surface area contributed by atoms with Crippen LogP contribution >= 0.6 is 0 Å². The Bertz CT molecular complexity index is 261. The van der Waals surface area contributed by atoms with Crippen molar-refractivity contribution in [3.05, 3.63) is 18.2 Å². The Morgan fingerprint density at radius 3 is 2.92 bits per heavy atom. The standard InChI is InChI=1S/C10H17N3/c1-13-7-6-12-10(13)8-9-2-4-11-5-3-9/h6-7,9,11H,2-5,8H2,1H3. The molecule has 1 saturated heterocycles. The lowest BCUT2D eigenvalue weighted by Gasteiger charge is -2.22. The van der Waals surface area contributed by atoms with E-state index in [1.54, 1.807) is 0 Å². The second-order valence-corrected chi connectivity index (χ2v) is 3.85. The van der Waals surface area contributed by atoms with E-state index in [1.807, 2.05) is 12.4 Å². The van der Waals surface area contributed by atoms with Gasteiger partial charge in [-0.2, -0.15) is 0 Å². The van der Waals surface area contributed by atoms with Crippen molar-refractivity contribution in [3.8, 4) is 0 Å². The fourth-order valence-corrected chi connectivity index (χ4v) is 1.94. The molecule has 0 amide bonds. The van der Waals surface area contributed by atoms with E-state index in [-0.39, 0.29) is 0 Å². The first-order valence-corrected chi connectivity index (χ1v) is 5.03. The molecule has 1 N–H and O–H groups in total. The first kappa shape index (κ1) is 8.75. The van der Waals surface area contributed by atoms with Crippen LogP contribution in [0.1, 0.15) is 18.7 Å². The molecule has 1 aliphatic rings. The Balaban J connectivity index is 1.93. The van der Waals surface area contributed by atoms with Crippen LogP contribution < -0.4 is 5.32 Å². The van der Waals surface area contributed by atoms with Gasteiger partial charge in [0.15, 0.2) is 0 Å². The maximum absolute atomic E-state index is 4.35. The summed E-state index contributed by atoms with van der Waals surface area (Å²) >= 11 is 0. The molecule has 72 valence electrons. The molecular weight excluding hydrogens is 162 g/mol. The van der Waals surface area contributed by atoms with Gasteiger partial charge >= 0.3 is 0 Å². The lowest BCUT2D eigenvalue weighted by Crippen LogP contribution is -2.29. The van der Waals surface area contributed by atoms with Crippen LogP contribution in [0.2, 0.25) is 0 Å². The zero-order valence-corrected chi connectivity index (χ0v) is 8.16. The average Bonchev–Trinajstić information content (AvgIpc) is 2.54. The minimum Gasteiger partial charge on any atom is -0.338 e. The molecule has 13 heavy (non-hydrogen) atoms. The molecule has 2 heterocycles. The molecule has 1 aromatic rings. The third-order valence-corrected chi connectivity index (χ3v) is 2.85. The van der Waals surface area contributed by atoms with E-state index >= 15 is 0 Å². The summed E-state index contributed by atoms with van der Waals surface area (Å²) in [7, 11) is 2.07. The SMILES string of the molecule is Cn1ccnc1CC1CCNCC1. The molecule has 3 nitrogen and oxygen atoms in total. The van der Waals surface area contributed by atoms with Gasteiger partial charge < -0.3 is 9.88 Å². The summed E-state index contributed by atoms with van der Waals surface area (Å²) in [4.78, 5) is 4.35. The van der Waals surface area contributed by atoms with Crippen LogP contribution in [0, 0.1) is 5.92 Å². The molecule has 0 unspecified atom stereocenters. The molecule has 0 aromatic carbocycles. The number of aryl methyl sites for hydroxylation is 1. The number of piperidine rings is 1. The zero-order valence-electron chi connectivity index (χ0n) is 8.16. The Morgan fingerprint density at radius 2 is 2.31 bits per heavy atom. The van der Waals surface area contributed by atoms with Crippen LogP contribution in [-0.4, -0.2) is 22.6 Å². The Morgan fingerprint density at radius 1 is 1.54 bits per heavy atom. The number of hydrogen-bond donors (Lipinski definition) is 1. The molecule has 3 heteroatoms. The molecule has 1 fully saturated rings. The van der Waals surface area contributed by atoms with E-state index in [1.165, 1.54) is 31.8 Å². The van der Waals surface area contributed by atoms with Crippen LogP contribution in [0.3, 0.4) is 0 Å². The van der Waals surface area contributed by atoms with Crippen molar-refractivity contribution in [1.82, 2.24) is 14.9 Å². The highest BCUT2D eigenvalue weighted by atomic mass is 15.0. The highest BCUT2D eigenvalue weighted by Gasteiger charge is 2.14. The van der Waals surface area contributed by atoms with Crippen LogP contribution in [0.5, 0.6) is 0 Å². The Hall–Kier alpha value is -0.830. The van der Waals surface area contributed by atoms with Gasteiger partial charge in [-0.25, -0.2) is 4.98 Å². The molecule has 1 aliphatic heterocycles. The molecule has 0 radical (unpaired) electrons. The van der Waals surface area contributed by atoms with Crippen molar-refractivity contribution in [2.24, 2.45) is 13.0 Å². The largest absolute Gasteiger partial charge is 0.338 e. The quantitative estimate of drug-likeness (QED) is 0.733. The number of hydrogen-bond acceptors (Lipinski definition) is 2. The van der Waals surface area contributed by atoms with Gasteiger partial charge in [-0.3, -0.25) is 0 Å². The summed E-state index contributed by atoms with van der Waals surface area (Å²) in [5.74, 6) is 2.06. The van der Waals surface area contributed by atoms with Gasteiger partial charge in [0.1, 0.15) is 5.82 Å². The van der Waals surface area contributed by atoms with Gasteiger partial charge in [-0.15, -0.1) is 0 Å². The van der Waals surface area contributed by atoms with E-state index in [4.69, 9.17) is 0 Å². The maximum atomic E-state index is 4.35. The van der Waals surface area contributed by atoms with Crippen LogP contribution in [0.25, 0.3) is 0 Å². The number of imidazole rings is 1. The van der Waals surface area contributed by atoms with Crippen LogP contribution in [0.15, 0.2) is 12.4 Å². The lowest BCUT2D eigenvalue weighted by atomic mass is 9.94. The van der Waals surface area contributed by atoms with E-state index in [9.17, 15) is 0 Å². The first-order valence-electron chi connectivity index (χ1n) is 5.03. The normalized spacial score (nSPS) is 19.2. The molecule has 0 bridgehead atoms. The van der Waals surface area contributed by atoms with E-state index in [2.05, 4.69) is 21.9 Å². The van der Waals surface area contributed by atoms with Gasteiger partial charge in [-0.1, -0.05) is 0 Å². The van der Waals surface area contributed by atoms with Crippen molar-refractivity contribution >= 4 is 0 Å². The number of nitrogens with one attached hydrogen (secondary N) is 1. The topological polar surface area (TPSA) is 29.9 Å². The van der Waals surface area contributed by atoms with Crippen molar-refractivity contribution < 1.29 is 0 Å². The average molecular weight is 179 g/mol. The zero-order chi connectivity index (χ0) is 9.10. The second-order valence-electron chi connectivity index (χ2n) is 3.85. The molecule has 0 atom stereocenters. The molecule has 0 aliphatic carbocycles. The van der Waals surface area contributed by atoms with E-state index in [0.29, 0.717) is 0 Å². The van der Waals surface area contributed by atoms with E-state index in [0.717, 1.165) is 12.3 Å². The van der Waals surface area contributed by atoms with Crippen molar-refractivity contribution in [1.29, 1.82) is 0 Å². The van der Waals surface area contributed by atoms with Crippen LogP contribution in [-0.2, 0) is 13.5 Å². The maximum Gasteiger partial charge on any atom is 0.108 e. The lowest BCUT2D eigenvalue weighted by molar-refractivity contribution is 0.364. The van der Waals surface area contributed by atoms with Gasteiger partial charge in [0.05, 0.1) is 0 Å². The first-order chi connectivity index (χ1) is 6.36. The Labute approximate surface area is 79.2 Å². The molecular formula is C10H17N3. The summed E-state index contributed by atoms with van der Waals surface area (Å²) in [6.07, 6.45) is 7.65. The molecule has 1 aromatic heterocycles. The molecule has 2 rings (SSSR count). The minimum absolute atomic E-state index is 0.836. The highest BCUT2D eigenvalue weighted by molar-refractivity contribution is 4.93. The summed E-state index contributed by atoms with van der Waals surface area (Å²) in [5, 5.41) is 3.38. The fourth-order valence-electron chi connectivity index (χ4n) is 1.94. The Kier molecular flexibility index (Phi) is 2.64. The summed E-state index contributed by atoms with van der Waals surface area (Å²) < 4.78 is 2.13. The summed E-state index contributed by atoms with van der Waals surface area (Å²) in [6.45, 7) is 2.35. The van der Waals surface area contributed by atoms with Crippen molar-refractivity contribution in [3.63, 3.8) is 0 Å². The fraction of sp³-hybridized carbons (Fsp3) is 0.700. The molecule has 0 spiro atoms. The number of nitrogens with zero attached hydrogens (tertiary/aromatic N) is 2. The predicted octanol–water partition coefficient (Wildman–Crippen LogP) is 0.962. The molecule has 0 saturated carbocycles. The van der Waals surface area contributed by atoms with Crippen molar-refractivity contribution in [2.75, 3.05) is 13.1 Å². The van der Waals surface area contributed by atoms with E-state index < -0.39 is 0 Å². The predicted molar refractivity (Wildman–Crippen MR) is 52.5 cm³/mol. The monoisotopic (exact) mass is 179 g/mol. The summed E-state index contributed by atoms with van der Waals surface area (Å²) in [5.41, 5.74) is 0. The van der Waals surface area contributed by atoms with Gasteiger partial charge in [0.2, 0.25) is 0 Å². The van der Waals surface area contributed by atoms with Gasteiger partial charge in [-0.05, 0) is 31.8 Å².